The van der Waals surface area contributed by atoms with Gasteiger partial charge in [0.1, 0.15) is 11.9 Å². The fraction of sp³-hybridized carbons (Fsp3) is 0.519. The lowest BCUT2D eigenvalue weighted by molar-refractivity contribution is 0.0282. The molecular formula is C27H37FO2. The molecule has 0 amide bonds. The fourth-order valence-electron chi connectivity index (χ4n) is 3.67. The van der Waals surface area contributed by atoms with Crippen LogP contribution in [0.2, 0.25) is 0 Å². The Morgan fingerprint density at radius 3 is 2.10 bits per heavy atom. The number of carbonyl (C=O) groups is 1. The second-order valence-corrected chi connectivity index (χ2v) is 8.13. The molecule has 1 unspecified atom stereocenters. The van der Waals surface area contributed by atoms with Crippen LogP contribution in [0.25, 0.3) is 0 Å². The van der Waals surface area contributed by atoms with E-state index >= 15 is 0 Å². The number of hydrogen-bond donors (Lipinski definition) is 0. The lowest BCUT2D eigenvalue weighted by atomic mass is 10.0. The molecular weight excluding hydrogens is 375 g/mol. The van der Waals surface area contributed by atoms with Gasteiger partial charge in [0, 0.05) is 0 Å². The van der Waals surface area contributed by atoms with Crippen LogP contribution in [0.1, 0.15) is 105 Å². The zero-order chi connectivity index (χ0) is 21.8. The summed E-state index contributed by atoms with van der Waals surface area (Å²) in [5.41, 5.74) is 3.20. The van der Waals surface area contributed by atoms with Crippen molar-refractivity contribution in [1.82, 2.24) is 0 Å². The van der Waals surface area contributed by atoms with Gasteiger partial charge in [0.05, 0.1) is 5.56 Å². The van der Waals surface area contributed by atoms with Crippen LogP contribution in [-0.2, 0) is 17.6 Å². The third-order valence-corrected chi connectivity index (χ3v) is 5.61. The summed E-state index contributed by atoms with van der Waals surface area (Å²) in [6, 6.07) is 13.1. The van der Waals surface area contributed by atoms with E-state index in [9.17, 15) is 9.18 Å². The number of halogens is 1. The molecule has 0 bridgehead atoms. The van der Waals surface area contributed by atoms with Gasteiger partial charge >= 0.3 is 5.97 Å². The molecule has 0 aliphatic rings. The van der Waals surface area contributed by atoms with Gasteiger partial charge in [0.15, 0.2) is 0 Å². The third kappa shape index (κ3) is 7.59. The van der Waals surface area contributed by atoms with E-state index in [0.29, 0.717) is 6.42 Å². The van der Waals surface area contributed by atoms with Crippen molar-refractivity contribution in [2.24, 2.45) is 0 Å². The molecule has 1 atom stereocenters. The van der Waals surface area contributed by atoms with Crippen molar-refractivity contribution < 1.29 is 13.9 Å². The topological polar surface area (TPSA) is 26.3 Å². The molecule has 2 aromatic carbocycles. The lowest BCUT2D eigenvalue weighted by Crippen LogP contribution is -2.13. The first kappa shape index (κ1) is 24.1. The minimum absolute atomic E-state index is 0.0115. The zero-order valence-electron chi connectivity index (χ0n) is 18.9. The Hall–Kier alpha value is -2.16. The summed E-state index contributed by atoms with van der Waals surface area (Å²) in [6.45, 7) is 6.31. The van der Waals surface area contributed by atoms with Crippen molar-refractivity contribution in [3.8, 4) is 0 Å². The van der Waals surface area contributed by atoms with Crippen LogP contribution < -0.4 is 0 Å². The van der Waals surface area contributed by atoms with E-state index in [1.54, 1.807) is 6.07 Å². The molecule has 0 saturated heterocycles. The molecule has 0 heterocycles. The van der Waals surface area contributed by atoms with E-state index in [2.05, 4.69) is 26.0 Å². The molecule has 3 heteroatoms. The van der Waals surface area contributed by atoms with Crippen LogP contribution in [0, 0.1) is 5.82 Å². The van der Waals surface area contributed by atoms with Gasteiger partial charge in [0.25, 0.3) is 0 Å². The zero-order valence-corrected chi connectivity index (χ0v) is 18.9. The molecule has 0 radical (unpaired) electrons. The number of unbranched alkanes of at least 4 members (excludes halogenated alkanes) is 5. The Morgan fingerprint density at radius 2 is 1.47 bits per heavy atom. The second-order valence-electron chi connectivity index (χ2n) is 8.13. The highest BCUT2D eigenvalue weighted by atomic mass is 19.1. The number of aryl methyl sites for hydroxylation is 2. The Morgan fingerprint density at radius 1 is 0.833 bits per heavy atom. The predicted octanol–water partition coefficient (Wildman–Crippen LogP) is 7.99. The average molecular weight is 413 g/mol. The number of benzene rings is 2. The molecule has 2 aromatic rings. The molecule has 0 saturated carbocycles. The van der Waals surface area contributed by atoms with E-state index in [1.165, 1.54) is 43.7 Å². The molecule has 164 valence electrons. The number of carbonyl (C=O) groups excluding carboxylic acids is 1. The van der Waals surface area contributed by atoms with E-state index in [-0.39, 0.29) is 11.7 Å². The van der Waals surface area contributed by atoms with Gasteiger partial charge in [0.2, 0.25) is 0 Å². The molecule has 0 spiro atoms. The SMILES string of the molecule is CCCCCCCc1ccc(C(CC)OC(=O)c2ccc(CCCC)cc2F)cc1. The highest BCUT2D eigenvalue weighted by Crippen LogP contribution is 2.24. The molecule has 30 heavy (non-hydrogen) atoms. The Kier molecular flexibility index (Phi) is 10.6. The summed E-state index contributed by atoms with van der Waals surface area (Å²) in [5.74, 6) is -1.09. The van der Waals surface area contributed by atoms with Crippen molar-refractivity contribution in [2.75, 3.05) is 0 Å². The van der Waals surface area contributed by atoms with Crippen LogP contribution in [0.15, 0.2) is 42.5 Å². The average Bonchev–Trinajstić information content (AvgIpc) is 2.76. The fourth-order valence-corrected chi connectivity index (χ4v) is 3.67. The van der Waals surface area contributed by atoms with Gasteiger partial charge in [-0.25, -0.2) is 9.18 Å². The Bertz CT molecular complexity index is 767. The molecule has 0 fully saturated rings. The van der Waals surface area contributed by atoms with Crippen molar-refractivity contribution in [3.63, 3.8) is 0 Å². The highest BCUT2D eigenvalue weighted by Gasteiger charge is 2.19. The number of esters is 1. The summed E-state index contributed by atoms with van der Waals surface area (Å²) < 4.78 is 20.1. The summed E-state index contributed by atoms with van der Waals surface area (Å²) in [6.07, 6.45) is 10.6. The maximum absolute atomic E-state index is 14.4. The van der Waals surface area contributed by atoms with Crippen LogP contribution in [0.5, 0.6) is 0 Å². The minimum atomic E-state index is -0.596. The number of rotatable bonds is 13. The largest absolute Gasteiger partial charge is 0.454 e. The summed E-state index contributed by atoms with van der Waals surface area (Å²) in [4.78, 5) is 12.6. The lowest BCUT2D eigenvalue weighted by Gasteiger charge is -2.17. The van der Waals surface area contributed by atoms with E-state index in [1.807, 2.05) is 25.1 Å². The smallest absolute Gasteiger partial charge is 0.341 e. The predicted molar refractivity (Wildman–Crippen MR) is 122 cm³/mol. The standard InChI is InChI=1S/C27H37FO2/c1-4-7-9-10-11-13-21-14-17-23(18-15-21)26(6-3)30-27(29)24-19-16-22(12-8-5-2)20-25(24)28/h14-20,26H,4-13H2,1-3H3. The van der Waals surface area contributed by atoms with Crippen LogP contribution in [0.4, 0.5) is 4.39 Å². The maximum Gasteiger partial charge on any atom is 0.341 e. The van der Waals surface area contributed by atoms with E-state index in [0.717, 1.165) is 36.8 Å². The maximum atomic E-state index is 14.4. The number of ether oxygens (including phenoxy) is 1. The minimum Gasteiger partial charge on any atom is -0.454 e. The van der Waals surface area contributed by atoms with Crippen molar-refractivity contribution in [2.45, 2.75) is 91.1 Å². The van der Waals surface area contributed by atoms with Crippen molar-refractivity contribution >= 4 is 5.97 Å². The number of hydrogen-bond acceptors (Lipinski definition) is 2. The van der Waals surface area contributed by atoms with Gasteiger partial charge < -0.3 is 4.74 Å². The monoisotopic (exact) mass is 412 g/mol. The van der Waals surface area contributed by atoms with Gasteiger partial charge in [-0.2, -0.15) is 0 Å². The Balaban J connectivity index is 1.95. The third-order valence-electron chi connectivity index (χ3n) is 5.61. The first-order valence-electron chi connectivity index (χ1n) is 11.7. The first-order valence-corrected chi connectivity index (χ1v) is 11.7. The van der Waals surface area contributed by atoms with Crippen LogP contribution in [0.3, 0.4) is 0 Å². The van der Waals surface area contributed by atoms with E-state index < -0.39 is 11.8 Å². The van der Waals surface area contributed by atoms with Crippen molar-refractivity contribution in [3.05, 3.63) is 70.5 Å². The molecule has 0 aliphatic carbocycles. The van der Waals surface area contributed by atoms with Gasteiger partial charge in [-0.1, -0.05) is 83.2 Å². The first-order chi connectivity index (χ1) is 14.6. The molecule has 0 N–H and O–H groups in total. The van der Waals surface area contributed by atoms with Crippen LogP contribution >= 0.6 is 0 Å². The molecule has 0 aromatic heterocycles. The molecule has 2 nitrogen and oxygen atoms in total. The Labute approximate surface area is 181 Å². The summed E-state index contributed by atoms with van der Waals surface area (Å²) in [7, 11) is 0. The second kappa shape index (κ2) is 13.2. The van der Waals surface area contributed by atoms with Gasteiger partial charge in [-0.15, -0.1) is 0 Å². The molecule has 0 aliphatic heterocycles. The molecule has 2 rings (SSSR count). The van der Waals surface area contributed by atoms with E-state index in [4.69, 9.17) is 4.74 Å². The summed E-state index contributed by atoms with van der Waals surface area (Å²) in [5, 5.41) is 0. The normalized spacial score (nSPS) is 12.0. The van der Waals surface area contributed by atoms with Gasteiger partial charge in [-0.3, -0.25) is 0 Å². The quantitative estimate of drug-likeness (QED) is 0.246. The van der Waals surface area contributed by atoms with Crippen LogP contribution in [-0.4, -0.2) is 5.97 Å². The van der Waals surface area contributed by atoms with Crippen molar-refractivity contribution in [1.29, 1.82) is 0 Å². The highest BCUT2D eigenvalue weighted by molar-refractivity contribution is 5.90. The van der Waals surface area contributed by atoms with Gasteiger partial charge in [-0.05, 0) is 60.9 Å². The summed E-state index contributed by atoms with van der Waals surface area (Å²) >= 11 is 0.